The van der Waals surface area contributed by atoms with E-state index in [1.54, 1.807) is 0 Å². The summed E-state index contributed by atoms with van der Waals surface area (Å²) in [6, 6.07) is 4.70. The number of hydrogen-bond donors (Lipinski definition) is 0. The summed E-state index contributed by atoms with van der Waals surface area (Å²) in [6.45, 7) is 2.61. The van der Waals surface area contributed by atoms with Gasteiger partial charge >= 0.3 is 0 Å². The lowest BCUT2D eigenvalue weighted by Gasteiger charge is -2.44. The maximum absolute atomic E-state index is 5.04. The molecular formula is C14H18N6O. The first kappa shape index (κ1) is 12.7. The SMILES string of the molecule is CN(Cc1ncno1)C1CN(c2ccc(C3CC3)nn2)C1. The number of aromatic nitrogens is 4. The molecule has 110 valence electrons. The molecule has 3 heterocycles. The van der Waals surface area contributed by atoms with E-state index in [1.807, 2.05) is 0 Å². The van der Waals surface area contributed by atoms with E-state index in [-0.39, 0.29) is 0 Å². The Kier molecular flexibility index (Phi) is 3.07. The predicted molar refractivity (Wildman–Crippen MR) is 75.8 cm³/mol. The molecule has 0 aromatic carbocycles. The number of nitrogens with zero attached hydrogens (tertiary/aromatic N) is 6. The Bertz CT molecular complexity index is 588. The van der Waals surface area contributed by atoms with Crippen molar-refractivity contribution in [2.75, 3.05) is 25.0 Å². The molecule has 2 aliphatic rings. The van der Waals surface area contributed by atoms with Gasteiger partial charge in [-0.05, 0) is 32.0 Å². The molecule has 2 fully saturated rings. The summed E-state index contributed by atoms with van der Waals surface area (Å²) >= 11 is 0. The quantitative estimate of drug-likeness (QED) is 0.813. The minimum atomic E-state index is 0.488. The number of likely N-dealkylation sites (N-methyl/N-ethyl adjacent to an activating group) is 1. The monoisotopic (exact) mass is 286 g/mol. The molecule has 7 heteroatoms. The first-order valence-corrected chi connectivity index (χ1v) is 7.34. The molecule has 7 nitrogen and oxygen atoms in total. The Balaban J connectivity index is 1.31. The smallest absolute Gasteiger partial charge is 0.240 e. The molecule has 0 unspecified atom stereocenters. The van der Waals surface area contributed by atoms with E-state index in [0.29, 0.717) is 24.4 Å². The molecule has 0 N–H and O–H groups in total. The molecule has 2 aromatic rings. The van der Waals surface area contributed by atoms with Gasteiger partial charge in [0.15, 0.2) is 12.1 Å². The maximum Gasteiger partial charge on any atom is 0.240 e. The molecule has 2 aromatic heterocycles. The molecule has 4 rings (SSSR count). The topological polar surface area (TPSA) is 71.2 Å². The van der Waals surface area contributed by atoms with E-state index in [0.717, 1.165) is 24.6 Å². The first-order chi connectivity index (χ1) is 10.3. The summed E-state index contributed by atoms with van der Waals surface area (Å²) in [6.07, 6.45) is 3.97. The molecule has 0 spiro atoms. The first-order valence-electron chi connectivity index (χ1n) is 7.34. The van der Waals surface area contributed by atoms with Crippen molar-refractivity contribution in [3.63, 3.8) is 0 Å². The summed E-state index contributed by atoms with van der Waals surface area (Å²) in [7, 11) is 2.08. The minimum absolute atomic E-state index is 0.488. The van der Waals surface area contributed by atoms with Crippen LogP contribution in [0.3, 0.4) is 0 Å². The second-order valence-corrected chi connectivity index (χ2v) is 5.90. The van der Waals surface area contributed by atoms with E-state index in [4.69, 9.17) is 4.52 Å². The van der Waals surface area contributed by atoms with Crippen molar-refractivity contribution >= 4 is 5.82 Å². The van der Waals surface area contributed by atoms with Gasteiger partial charge in [-0.15, -0.1) is 5.10 Å². The van der Waals surface area contributed by atoms with Gasteiger partial charge in [-0.25, -0.2) is 0 Å². The maximum atomic E-state index is 5.04. The second-order valence-electron chi connectivity index (χ2n) is 5.90. The highest BCUT2D eigenvalue weighted by Crippen LogP contribution is 2.38. The third kappa shape index (κ3) is 2.61. The van der Waals surface area contributed by atoms with Crippen LogP contribution in [0.25, 0.3) is 0 Å². The zero-order valence-electron chi connectivity index (χ0n) is 12.0. The minimum Gasteiger partial charge on any atom is -0.352 e. The highest BCUT2D eigenvalue weighted by Gasteiger charge is 2.32. The summed E-state index contributed by atoms with van der Waals surface area (Å²) in [4.78, 5) is 8.53. The Labute approximate surface area is 123 Å². The second kappa shape index (κ2) is 5.07. The molecule has 1 saturated carbocycles. The average molecular weight is 286 g/mol. The summed E-state index contributed by atoms with van der Waals surface area (Å²) in [5.41, 5.74) is 1.14. The van der Waals surface area contributed by atoms with E-state index in [1.165, 1.54) is 19.2 Å². The Morgan fingerprint density at radius 2 is 2.14 bits per heavy atom. The van der Waals surface area contributed by atoms with Gasteiger partial charge in [-0.2, -0.15) is 10.1 Å². The zero-order chi connectivity index (χ0) is 14.2. The lowest BCUT2D eigenvalue weighted by Crippen LogP contribution is -2.58. The lowest BCUT2D eigenvalue weighted by atomic mass is 10.1. The largest absolute Gasteiger partial charge is 0.352 e. The fraction of sp³-hybridized carbons (Fsp3) is 0.571. The Morgan fingerprint density at radius 1 is 1.29 bits per heavy atom. The third-order valence-electron chi connectivity index (χ3n) is 4.27. The fourth-order valence-electron chi connectivity index (χ4n) is 2.63. The average Bonchev–Trinajstić information content (AvgIpc) is 3.17. The van der Waals surface area contributed by atoms with Crippen LogP contribution in [0.15, 0.2) is 23.0 Å². The van der Waals surface area contributed by atoms with Crippen molar-refractivity contribution in [1.29, 1.82) is 0 Å². The van der Waals surface area contributed by atoms with Crippen molar-refractivity contribution in [1.82, 2.24) is 25.2 Å². The standard InChI is InChI=1S/C14H18N6O/c1-19(8-14-15-9-16-21-14)11-6-20(7-11)13-5-4-12(17-18-13)10-2-3-10/h4-5,9-11H,2-3,6-8H2,1H3. The molecule has 1 aliphatic carbocycles. The van der Waals surface area contributed by atoms with Gasteiger partial charge in [0, 0.05) is 25.0 Å². The Hall–Kier alpha value is -2.02. The van der Waals surface area contributed by atoms with Crippen LogP contribution in [0.2, 0.25) is 0 Å². The van der Waals surface area contributed by atoms with Crippen molar-refractivity contribution in [2.45, 2.75) is 31.3 Å². The van der Waals surface area contributed by atoms with Gasteiger partial charge in [0.1, 0.15) is 0 Å². The van der Waals surface area contributed by atoms with Crippen LogP contribution in [-0.2, 0) is 6.54 Å². The normalized spacial score (nSPS) is 19.0. The van der Waals surface area contributed by atoms with Gasteiger partial charge in [-0.1, -0.05) is 5.16 Å². The summed E-state index contributed by atoms with van der Waals surface area (Å²) < 4.78 is 5.04. The van der Waals surface area contributed by atoms with Crippen LogP contribution in [-0.4, -0.2) is 51.4 Å². The highest BCUT2D eigenvalue weighted by atomic mass is 16.5. The molecule has 1 saturated heterocycles. The molecule has 0 amide bonds. The van der Waals surface area contributed by atoms with Gasteiger partial charge < -0.3 is 9.42 Å². The lowest BCUT2D eigenvalue weighted by molar-refractivity contribution is 0.174. The molecule has 0 bridgehead atoms. The highest BCUT2D eigenvalue weighted by molar-refractivity contribution is 5.42. The van der Waals surface area contributed by atoms with Gasteiger partial charge in [-0.3, -0.25) is 4.90 Å². The fourth-order valence-corrected chi connectivity index (χ4v) is 2.63. The van der Waals surface area contributed by atoms with Crippen LogP contribution >= 0.6 is 0 Å². The summed E-state index contributed by atoms with van der Waals surface area (Å²) in [5.74, 6) is 2.29. The van der Waals surface area contributed by atoms with Crippen LogP contribution in [0, 0.1) is 0 Å². The van der Waals surface area contributed by atoms with E-state index < -0.39 is 0 Å². The molecule has 21 heavy (non-hydrogen) atoms. The molecule has 0 atom stereocenters. The van der Waals surface area contributed by atoms with Crippen LogP contribution < -0.4 is 4.90 Å². The van der Waals surface area contributed by atoms with Crippen LogP contribution in [0.4, 0.5) is 5.82 Å². The van der Waals surface area contributed by atoms with Crippen molar-refractivity contribution in [3.05, 3.63) is 30.0 Å². The van der Waals surface area contributed by atoms with E-state index in [9.17, 15) is 0 Å². The van der Waals surface area contributed by atoms with Crippen LogP contribution in [0.1, 0.15) is 30.3 Å². The number of hydrogen-bond acceptors (Lipinski definition) is 7. The molecule has 0 radical (unpaired) electrons. The summed E-state index contributed by atoms with van der Waals surface area (Å²) in [5, 5.41) is 12.3. The predicted octanol–water partition coefficient (Wildman–Crippen LogP) is 1.06. The zero-order valence-corrected chi connectivity index (χ0v) is 12.0. The van der Waals surface area contributed by atoms with Crippen molar-refractivity contribution in [3.8, 4) is 0 Å². The van der Waals surface area contributed by atoms with Crippen LogP contribution in [0.5, 0.6) is 0 Å². The van der Waals surface area contributed by atoms with Crippen molar-refractivity contribution < 1.29 is 4.52 Å². The third-order valence-corrected chi connectivity index (χ3v) is 4.27. The van der Waals surface area contributed by atoms with Gasteiger partial charge in [0.2, 0.25) is 5.89 Å². The van der Waals surface area contributed by atoms with Gasteiger partial charge in [0.05, 0.1) is 12.2 Å². The van der Waals surface area contributed by atoms with E-state index >= 15 is 0 Å². The van der Waals surface area contributed by atoms with Gasteiger partial charge in [0.25, 0.3) is 0 Å². The molecular weight excluding hydrogens is 268 g/mol. The van der Waals surface area contributed by atoms with E-state index in [2.05, 4.69) is 49.3 Å². The number of anilines is 1. The van der Waals surface area contributed by atoms with Crippen molar-refractivity contribution in [2.24, 2.45) is 0 Å². The Morgan fingerprint density at radius 3 is 2.76 bits per heavy atom. The number of rotatable bonds is 5. The molecule has 1 aliphatic heterocycles.